The standard InChI is InChI=1S/C8H18NO/c1-7-8(2)10-6-5-9(7,3)4/h7-8H,5-6H2,1-4H3/q+1. The Morgan fingerprint density at radius 3 is 2.30 bits per heavy atom. The highest BCUT2D eigenvalue weighted by molar-refractivity contribution is 4.64. The van der Waals surface area contributed by atoms with Crippen molar-refractivity contribution in [3.8, 4) is 0 Å². The molecule has 0 aromatic rings. The third kappa shape index (κ3) is 1.32. The van der Waals surface area contributed by atoms with Crippen LogP contribution < -0.4 is 0 Å². The van der Waals surface area contributed by atoms with Gasteiger partial charge < -0.3 is 9.22 Å². The van der Waals surface area contributed by atoms with Gasteiger partial charge in [-0.15, -0.1) is 0 Å². The Morgan fingerprint density at radius 2 is 1.90 bits per heavy atom. The minimum atomic E-state index is 0.420. The first kappa shape index (κ1) is 8.02. The summed E-state index contributed by atoms with van der Waals surface area (Å²) in [5, 5.41) is 0. The number of hydrogen-bond acceptors (Lipinski definition) is 1. The average molecular weight is 144 g/mol. The van der Waals surface area contributed by atoms with Gasteiger partial charge in [-0.05, 0) is 13.8 Å². The zero-order valence-electron chi connectivity index (χ0n) is 7.42. The second-order valence-electron chi connectivity index (χ2n) is 3.82. The third-order valence-electron chi connectivity index (χ3n) is 2.83. The van der Waals surface area contributed by atoms with Crippen LogP contribution >= 0.6 is 0 Å². The SMILES string of the molecule is CC1OCC[N+](C)(C)C1C. The first-order valence-corrected chi connectivity index (χ1v) is 3.98. The van der Waals surface area contributed by atoms with Crippen LogP contribution in [0.5, 0.6) is 0 Å². The summed E-state index contributed by atoms with van der Waals surface area (Å²) in [7, 11) is 4.54. The van der Waals surface area contributed by atoms with Gasteiger partial charge in [-0.2, -0.15) is 0 Å². The van der Waals surface area contributed by atoms with Gasteiger partial charge in [0, 0.05) is 0 Å². The van der Waals surface area contributed by atoms with Crippen LogP contribution in [0.25, 0.3) is 0 Å². The lowest BCUT2D eigenvalue weighted by molar-refractivity contribution is -0.924. The van der Waals surface area contributed by atoms with Crippen LogP contribution in [0.2, 0.25) is 0 Å². The van der Waals surface area contributed by atoms with Crippen molar-refractivity contribution in [2.45, 2.75) is 26.0 Å². The highest BCUT2D eigenvalue weighted by Gasteiger charge is 2.33. The van der Waals surface area contributed by atoms with Crippen molar-refractivity contribution >= 4 is 0 Å². The van der Waals surface area contributed by atoms with Gasteiger partial charge >= 0.3 is 0 Å². The Morgan fingerprint density at radius 1 is 1.30 bits per heavy atom. The van der Waals surface area contributed by atoms with Gasteiger partial charge in [0.2, 0.25) is 0 Å². The maximum atomic E-state index is 5.51. The van der Waals surface area contributed by atoms with Crippen molar-refractivity contribution < 1.29 is 9.22 Å². The van der Waals surface area contributed by atoms with Crippen LogP contribution in [0.3, 0.4) is 0 Å². The summed E-state index contributed by atoms with van der Waals surface area (Å²) in [6.07, 6.45) is 0.420. The van der Waals surface area contributed by atoms with Crippen molar-refractivity contribution in [3.05, 3.63) is 0 Å². The smallest absolute Gasteiger partial charge is 0.112 e. The second-order valence-corrected chi connectivity index (χ2v) is 3.82. The Kier molecular flexibility index (Phi) is 2.02. The predicted octanol–water partition coefficient (Wildman–Crippen LogP) is 0.870. The molecule has 1 fully saturated rings. The molecule has 0 saturated carbocycles. The molecule has 2 atom stereocenters. The molecule has 0 aromatic heterocycles. The second kappa shape index (κ2) is 2.51. The first-order valence-electron chi connectivity index (χ1n) is 3.98. The van der Waals surface area contributed by atoms with Crippen molar-refractivity contribution in [3.63, 3.8) is 0 Å². The van der Waals surface area contributed by atoms with E-state index >= 15 is 0 Å². The molecule has 1 rings (SSSR count). The molecule has 0 aromatic carbocycles. The van der Waals surface area contributed by atoms with Crippen LogP contribution in [-0.4, -0.2) is 43.9 Å². The van der Waals surface area contributed by atoms with E-state index < -0.39 is 0 Å². The van der Waals surface area contributed by atoms with E-state index in [1.807, 2.05) is 0 Å². The van der Waals surface area contributed by atoms with Crippen LogP contribution in [0.1, 0.15) is 13.8 Å². The van der Waals surface area contributed by atoms with Crippen LogP contribution in [0.15, 0.2) is 0 Å². The molecule has 2 heteroatoms. The quantitative estimate of drug-likeness (QED) is 0.458. The molecular formula is C8H18NO+. The van der Waals surface area contributed by atoms with Gasteiger partial charge in [-0.3, -0.25) is 0 Å². The van der Waals surface area contributed by atoms with Gasteiger partial charge in [0.05, 0.1) is 20.7 Å². The highest BCUT2D eigenvalue weighted by atomic mass is 16.5. The summed E-state index contributed by atoms with van der Waals surface area (Å²) in [5.41, 5.74) is 0. The third-order valence-corrected chi connectivity index (χ3v) is 2.83. The molecular weight excluding hydrogens is 126 g/mol. The van der Waals surface area contributed by atoms with Gasteiger partial charge in [0.25, 0.3) is 0 Å². The van der Waals surface area contributed by atoms with E-state index in [-0.39, 0.29) is 0 Å². The molecule has 2 unspecified atom stereocenters. The molecule has 1 saturated heterocycles. The Labute approximate surface area is 63.4 Å². The lowest BCUT2D eigenvalue weighted by Crippen LogP contribution is -2.58. The maximum Gasteiger partial charge on any atom is 0.112 e. The molecule has 0 spiro atoms. The summed E-state index contributed by atoms with van der Waals surface area (Å²) >= 11 is 0. The fourth-order valence-corrected chi connectivity index (χ4v) is 1.39. The molecule has 1 aliphatic rings. The number of likely N-dealkylation sites (N-methyl/N-ethyl adjacent to an activating group) is 1. The Bertz CT molecular complexity index is 122. The number of rotatable bonds is 0. The summed E-state index contributed by atoms with van der Waals surface area (Å²) < 4.78 is 6.61. The fourth-order valence-electron chi connectivity index (χ4n) is 1.39. The maximum absolute atomic E-state index is 5.51. The molecule has 0 amide bonds. The summed E-state index contributed by atoms with van der Waals surface area (Å²) in [5.74, 6) is 0. The highest BCUT2D eigenvalue weighted by Crippen LogP contribution is 2.17. The number of morpholine rings is 1. The lowest BCUT2D eigenvalue weighted by atomic mass is 10.1. The molecule has 1 heterocycles. The predicted molar refractivity (Wildman–Crippen MR) is 41.9 cm³/mol. The number of nitrogens with zero attached hydrogens (tertiary/aromatic N) is 1. The molecule has 0 bridgehead atoms. The number of hydrogen-bond donors (Lipinski definition) is 0. The number of ether oxygens (including phenoxy) is 1. The normalized spacial score (nSPS) is 39.6. The van der Waals surface area contributed by atoms with E-state index in [0.29, 0.717) is 12.1 Å². The van der Waals surface area contributed by atoms with E-state index in [1.54, 1.807) is 0 Å². The van der Waals surface area contributed by atoms with E-state index in [9.17, 15) is 0 Å². The zero-order valence-corrected chi connectivity index (χ0v) is 7.42. The van der Waals surface area contributed by atoms with E-state index in [1.165, 1.54) is 0 Å². The van der Waals surface area contributed by atoms with E-state index in [2.05, 4.69) is 27.9 Å². The molecule has 0 radical (unpaired) electrons. The van der Waals surface area contributed by atoms with Crippen LogP contribution in [0.4, 0.5) is 0 Å². The fraction of sp³-hybridized carbons (Fsp3) is 1.00. The molecule has 2 nitrogen and oxygen atoms in total. The minimum absolute atomic E-state index is 0.420. The Balaban J connectivity index is 2.60. The molecule has 1 aliphatic heterocycles. The summed E-state index contributed by atoms with van der Waals surface area (Å²) in [6, 6.07) is 0.633. The number of quaternary nitrogens is 1. The van der Waals surface area contributed by atoms with Gasteiger partial charge in [0.1, 0.15) is 18.7 Å². The molecule has 0 aliphatic carbocycles. The van der Waals surface area contributed by atoms with Gasteiger partial charge in [0.15, 0.2) is 0 Å². The van der Waals surface area contributed by atoms with Crippen molar-refractivity contribution in [1.82, 2.24) is 0 Å². The molecule has 60 valence electrons. The lowest BCUT2D eigenvalue weighted by Gasteiger charge is -2.42. The molecule has 0 N–H and O–H groups in total. The van der Waals surface area contributed by atoms with Gasteiger partial charge in [-0.25, -0.2) is 0 Å². The topological polar surface area (TPSA) is 9.23 Å². The van der Waals surface area contributed by atoms with Crippen LogP contribution in [0, 0.1) is 0 Å². The Hall–Kier alpha value is -0.0800. The van der Waals surface area contributed by atoms with E-state index in [0.717, 1.165) is 17.6 Å². The average Bonchev–Trinajstić information content (AvgIpc) is 1.83. The van der Waals surface area contributed by atoms with Gasteiger partial charge in [-0.1, -0.05) is 0 Å². The zero-order chi connectivity index (χ0) is 7.78. The van der Waals surface area contributed by atoms with Crippen LogP contribution in [-0.2, 0) is 4.74 Å². The summed E-state index contributed by atoms with van der Waals surface area (Å²) in [6.45, 7) is 6.47. The monoisotopic (exact) mass is 144 g/mol. The minimum Gasteiger partial charge on any atom is -0.366 e. The van der Waals surface area contributed by atoms with Crippen molar-refractivity contribution in [2.24, 2.45) is 0 Å². The van der Waals surface area contributed by atoms with E-state index in [4.69, 9.17) is 4.74 Å². The first-order chi connectivity index (χ1) is 4.54. The molecule has 10 heavy (non-hydrogen) atoms. The summed E-state index contributed by atoms with van der Waals surface area (Å²) in [4.78, 5) is 0. The van der Waals surface area contributed by atoms with Crippen molar-refractivity contribution in [1.29, 1.82) is 0 Å². The van der Waals surface area contributed by atoms with Crippen molar-refractivity contribution in [2.75, 3.05) is 27.2 Å². The largest absolute Gasteiger partial charge is 0.366 e.